The fraction of sp³-hybridized carbons (Fsp3) is 0.300. The van der Waals surface area contributed by atoms with Crippen molar-refractivity contribution >= 4 is 17.6 Å². The fourth-order valence-electron chi connectivity index (χ4n) is 1.07. The van der Waals surface area contributed by atoms with Crippen molar-refractivity contribution in [2.75, 3.05) is 6.61 Å². The minimum Gasteiger partial charge on any atom is -0.463 e. The van der Waals surface area contributed by atoms with Crippen LogP contribution in [0.4, 0.5) is 0 Å². The van der Waals surface area contributed by atoms with Gasteiger partial charge in [-0.05, 0) is 6.92 Å². The molecule has 0 spiro atoms. The fourth-order valence-corrected chi connectivity index (χ4v) is 1.24. The van der Waals surface area contributed by atoms with E-state index in [1.807, 2.05) is 4.98 Å². The summed E-state index contributed by atoms with van der Waals surface area (Å²) in [5, 5.41) is -0.0888. The summed E-state index contributed by atoms with van der Waals surface area (Å²) in [5.74, 6) is -0.490. The predicted octanol–water partition coefficient (Wildman–Crippen LogP) is 0.309. The van der Waals surface area contributed by atoms with E-state index in [2.05, 4.69) is 4.74 Å². The first-order chi connectivity index (χ1) is 8.04. The molecule has 92 valence electrons. The molecule has 1 heterocycles. The molecule has 0 radical (unpaired) electrons. The highest BCUT2D eigenvalue weighted by atomic mass is 35.5. The van der Waals surface area contributed by atoms with Crippen LogP contribution in [-0.4, -0.2) is 22.1 Å². The summed E-state index contributed by atoms with van der Waals surface area (Å²) in [4.78, 5) is 35.3. The van der Waals surface area contributed by atoms with Crippen LogP contribution in [0.5, 0.6) is 0 Å². The van der Waals surface area contributed by atoms with Gasteiger partial charge in [0.2, 0.25) is 0 Å². The number of aromatic nitrogens is 2. The van der Waals surface area contributed by atoms with Crippen molar-refractivity contribution in [1.29, 1.82) is 0 Å². The van der Waals surface area contributed by atoms with E-state index in [-0.39, 0.29) is 18.2 Å². The van der Waals surface area contributed by atoms with Gasteiger partial charge in [0, 0.05) is 18.8 Å². The van der Waals surface area contributed by atoms with Crippen LogP contribution < -0.4 is 11.2 Å². The van der Waals surface area contributed by atoms with E-state index in [0.717, 1.165) is 0 Å². The Labute approximate surface area is 101 Å². The molecule has 1 aromatic heterocycles. The Kier molecular flexibility index (Phi) is 4.71. The second kappa shape index (κ2) is 6.05. The molecular weight excluding hydrogens is 248 g/mol. The summed E-state index contributed by atoms with van der Waals surface area (Å²) < 4.78 is 5.82. The van der Waals surface area contributed by atoms with Crippen LogP contribution in [0.15, 0.2) is 27.9 Å². The van der Waals surface area contributed by atoms with Crippen molar-refractivity contribution in [3.63, 3.8) is 0 Å². The number of esters is 1. The first kappa shape index (κ1) is 13.2. The average molecular weight is 259 g/mol. The normalized spacial score (nSPS) is 10.7. The van der Waals surface area contributed by atoms with Crippen molar-refractivity contribution in [2.45, 2.75) is 13.5 Å². The highest BCUT2D eigenvalue weighted by Crippen LogP contribution is 1.95. The molecule has 0 saturated heterocycles. The average Bonchev–Trinajstić information content (AvgIpc) is 2.26. The Morgan fingerprint density at radius 2 is 2.29 bits per heavy atom. The highest BCUT2D eigenvalue weighted by Gasteiger charge is 2.00. The predicted molar refractivity (Wildman–Crippen MR) is 62.1 cm³/mol. The van der Waals surface area contributed by atoms with Gasteiger partial charge in [-0.3, -0.25) is 14.3 Å². The van der Waals surface area contributed by atoms with E-state index in [4.69, 9.17) is 11.6 Å². The monoisotopic (exact) mass is 258 g/mol. The molecule has 17 heavy (non-hydrogen) atoms. The molecule has 0 aliphatic heterocycles. The molecule has 6 nitrogen and oxygen atoms in total. The highest BCUT2D eigenvalue weighted by molar-refractivity contribution is 6.30. The topological polar surface area (TPSA) is 81.2 Å². The Morgan fingerprint density at radius 3 is 2.94 bits per heavy atom. The number of aromatic amines is 1. The van der Waals surface area contributed by atoms with Gasteiger partial charge in [0.1, 0.15) is 5.02 Å². The maximum atomic E-state index is 11.3. The van der Waals surface area contributed by atoms with E-state index in [1.165, 1.54) is 22.9 Å². The van der Waals surface area contributed by atoms with Crippen LogP contribution in [0.25, 0.3) is 0 Å². The first-order valence-electron chi connectivity index (χ1n) is 4.87. The molecule has 0 amide bonds. The van der Waals surface area contributed by atoms with Crippen LogP contribution >= 0.6 is 11.6 Å². The molecular formula is C10H11ClN2O4. The number of allylic oxidation sites excluding steroid dienone is 1. The van der Waals surface area contributed by atoms with Gasteiger partial charge in [0.05, 0.1) is 6.61 Å². The van der Waals surface area contributed by atoms with Gasteiger partial charge < -0.3 is 4.74 Å². The van der Waals surface area contributed by atoms with Gasteiger partial charge in [0.25, 0.3) is 5.56 Å². The lowest BCUT2D eigenvalue weighted by Gasteiger charge is -2.00. The molecule has 0 aromatic carbocycles. The molecule has 0 saturated carbocycles. The second-order valence-corrected chi connectivity index (χ2v) is 3.45. The summed E-state index contributed by atoms with van der Waals surface area (Å²) in [7, 11) is 0. The zero-order chi connectivity index (χ0) is 12.8. The maximum absolute atomic E-state index is 11.3. The molecule has 1 N–H and O–H groups in total. The molecule has 1 rings (SSSR count). The van der Waals surface area contributed by atoms with Crippen LogP contribution in [0.3, 0.4) is 0 Å². The number of nitrogens with one attached hydrogen (secondary N) is 1. The zero-order valence-corrected chi connectivity index (χ0v) is 9.86. The summed E-state index contributed by atoms with van der Waals surface area (Å²) in [5.41, 5.74) is -1.23. The summed E-state index contributed by atoms with van der Waals surface area (Å²) in [6.45, 7) is 2.10. The van der Waals surface area contributed by atoms with Gasteiger partial charge in [-0.25, -0.2) is 9.59 Å². The molecule has 0 aliphatic carbocycles. The number of nitrogens with zero attached hydrogens (tertiary/aromatic N) is 1. The number of carbonyl (C=O) groups is 1. The van der Waals surface area contributed by atoms with E-state index < -0.39 is 17.2 Å². The second-order valence-electron chi connectivity index (χ2n) is 3.04. The Morgan fingerprint density at radius 1 is 1.59 bits per heavy atom. The Hall–Kier alpha value is -1.82. The third-order valence-electron chi connectivity index (χ3n) is 1.81. The lowest BCUT2D eigenvalue weighted by atomic mass is 10.4. The molecule has 1 aromatic rings. The summed E-state index contributed by atoms with van der Waals surface area (Å²) in [6, 6.07) is 0. The van der Waals surface area contributed by atoms with Gasteiger partial charge in [-0.2, -0.15) is 0 Å². The van der Waals surface area contributed by atoms with Crippen LogP contribution in [0, 0.1) is 0 Å². The third kappa shape index (κ3) is 3.92. The summed E-state index contributed by atoms with van der Waals surface area (Å²) in [6.07, 6.45) is 3.85. The van der Waals surface area contributed by atoms with Crippen LogP contribution in [-0.2, 0) is 16.1 Å². The number of carbonyl (C=O) groups excluding carboxylic acids is 1. The third-order valence-corrected chi connectivity index (χ3v) is 2.08. The van der Waals surface area contributed by atoms with Crippen molar-refractivity contribution in [2.24, 2.45) is 0 Å². The van der Waals surface area contributed by atoms with Crippen LogP contribution in [0.2, 0.25) is 5.02 Å². The first-order valence-corrected chi connectivity index (χ1v) is 5.25. The molecule has 0 unspecified atom stereocenters. The maximum Gasteiger partial charge on any atom is 0.330 e. The quantitative estimate of drug-likeness (QED) is 0.622. The number of hydrogen-bond acceptors (Lipinski definition) is 4. The van der Waals surface area contributed by atoms with Crippen molar-refractivity contribution in [3.8, 4) is 0 Å². The van der Waals surface area contributed by atoms with E-state index >= 15 is 0 Å². The van der Waals surface area contributed by atoms with Gasteiger partial charge in [-0.15, -0.1) is 0 Å². The lowest BCUT2D eigenvalue weighted by Crippen LogP contribution is -2.29. The molecule has 0 aliphatic rings. The largest absolute Gasteiger partial charge is 0.463 e. The Bertz CT molecular complexity index is 544. The van der Waals surface area contributed by atoms with Crippen molar-refractivity contribution in [1.82, 2.24) is 9.55 Å². The van der Waals surface area contributed by atoms with Gasteiger partial charge in [0.15, 0.2) is 0 Å². The van der Waals surface area contributed by atoms with E-state index in [9.17, 15) is 14.4 Å². The van der Waals surface area contributed by atoms with Gasteiger partial charge in [-0.1, -0.05) is 17.7 Å². The molecule has 0 bridgehead atoms. The van der Waals surface area contributed by atoms with Crippen molar-refractivity contribution < 1.29 is 9.53 Å². The van der Waals surface area contributed by atoms with Gasteiger partial charge >= 0.3 is 11.7 Å². The SMILES string of the molecule is CCOC(=O)/C=C/Cn1cc(Cl)c(=O)[nH]c1=O. The number of H-pyrrole nitrogens is 1. The minimum atomic E-state index is -0.637. The standard InChI is InChI=1S/C10H11ClN2O4/c1-2-17-8(14)4-3-5-13-6-7(11)9(15)12-10(13)16/h3-4,6H,2,5H2,1H3,(H,12,15,16)/b4-3+. The van der Waals surface area contributed by atoms with Crippen molar-refractivity contribution in [3.05, 3.63) is 44.2 Å². The van der Waals surface area contributed by atoms with E-state index in [1.54, 1.807) is 6.92 Å². The summed E-state index contributed by atoms with van der Waals surface area (Å²) >= 11 is 5.56. The number of ether oxygens (including phenoxy) is 1. The molecule has 7 heteroatoms. The smallest absolute Gasteiger partial charge is 0.330 e. The van der Waals surface area contributed by atoms with Crippen LogP contribution in [0.1, 0.15) is 6.92 Å². The Balaban J connectivity index is 2.77. The molecule has 0 atom stereocenters. The number of hydrogen-bond donors (Lipinski definition) is 1. The number of rotatable bonds is 4. The number of halogens is 1. The molecule has 0 fully saturated rings. The van der Waals surface area contributed by atoms with E-state index in [0.29, 0.717) is 0 Å². The zero-order valence-electron chi connectivity index (χ0n) is 9.10. The lowest BCUT2D eigenvalue weighted by molar-refractivity contribution is -0.137. The minimum absolute atomic E-state index is 0.0888.